The van der Waals surface area contributed by atoms with Crippen LogP contribution in [0.2, 0.25) is 0 Å². The largest absolute Gasteiger partial charge is 0.493 e. The number of thiophene rings is 1. The van der Waals surface area contributed by atoms with Gasteiger partial charge in [-0.05, 0) is 80.1 Å². The molecule has 4 aromatic rings. The number of benzene rings is 3. The number of anilines is 1. The molecule has 0 aliphatic carbocycles. The second-order valence-corrected chi connectivity index (χ2v) is 20.1. The third kappa shape index (κ3) is 11.3. The standard InChI is InChI=1S/C49H56N4O11S2/c1-4-63-41-26-32(20-24-40(41)62-2)39(30-66(3,60)61)53-48(58)34-15-13-16-37(45(34)49(53)59)50-43(54)17-12-10-8-6-5-7-9-11-14-31-18-21-33(22-19-31)64-28-42-35-27-52(47(57)36(35)29-65-42)38-23-25-44(55)51-46(38)56/h13,15-16,18-22,24,26,29,38-39H,4-12,14,17,23,25,27-28,30H2,1-3H3,(H,50,54)(H,51,55,56)/t38?,39-/m1/s1. The topological polar surface area (TPSA) is 195 Å². The Morgan fingerprint density at radius 2 is 1.59 bits per heavy atom. The van der Waals surface area contributed by atoms with Gasteiger partial charge in [0, 0.05) is 41.5 Å². The van der Waals surface area contributed by atoms with E-state index in [-0.39, 0.29) is 47.4 Å². The Bertz CT molecular complexity index is 2590. The van der Waals surface area contributed by atoms with Crippen LogP contribution in [-0.4, -0.2) is 85.4 Å². The number of rotatable bonds is 23. The molecule has 3 aliphatic heterocycles. The molecule has 0 saturated carbocycles. The Morgan fingerprint density at radius 3 is 2.29 bits per heavy atom. The van der Waals surface area contributed by atoms with Crippen LogP contribution in [0.1, 0.15) is 136 Å². The van der Waals surface area contributed by atoms with Gasteiger partial charge in [-0.1, -0.05) is 62.8 Å². The molecule has 3 aliphatic rings. The molecule has 2 atom stereocenters. The predicted molar refractivity (Wildman–Crippen MR) is 249 cm³/mol. The number of unbranched alkanes of at least 4 members (excludes halogenated alkanes) is 7. The number of hydrogen-bond acceptors (Lipinski definition) is 12. The van der Waals surface area contributed by atoms with Gasteiger partial charge in [0.1, 0.15) is 28.2 Å². The fourth-order valence-electron chi connectivity index (χ4n) is 8.78. The third-order valence-corrected chi connectivity index (χ3v) is 14.1. The number of methoxy groups -OCH3 is 1. The molecular formula is C49H56N4O11S2. The number of nitrogens with zero attached hydrogens (tertiary/aromatic N) is 2. The first-order valence-electron chi connectivity index (χ1n) is 22.5. The van der Waals surface area contributed by atoms with Crippen LogP contribution in [0, 0.1) is 0 Å². The van der Waals surface area contributed by atoms with Gasteiger partial charge in [0.15, 0.2) is 11.5 Å². The second-order valence-electron chi connectivity index (χ2n) is 16.9. The van der Waals surface area contributed by atoms with Crippen molar-refractivity contribution >= 4 is 62.3 Å². The average Bonchev–Trinajstić information content (AvgIpc) is 3.92. The minimum Gasteiger partial charge on any atom is -0.493 e. The van der Waals surface area contributed by atoms with Crippen molar-refractivity contribution in [3.8, 4) is 17.2 Å². The van der Waals surface area contributed by atoms with Crippen LogP contribution in [0.3, 0.4) is 0 Å². The number of ether oxygens (including phenoxy) is 3. The normalized spacial score (nSPS) is 16.3. The lowest BCUT2D eigenvalue weighted by Gasteiger charge is -2.29. The first kappa shape index (κ1) is 47.9. The number of piperidine rings is 1. The maximum atomic E-state index is 14.0. The third-order valence-electron chi connectivity index (χ3n) is 12.2. The number of hydrogen-bond donors (Lipinski definition) is 2. The minimum atomic E-state index is -3.67. The van der Waals surface area contributed by atoms with E-state index < -0.39 is 45.4 Å². The maximum Gasteiger partial charge on any atom is 0.264 e. The van der Waals surface area contributed by atoms with Crippen LogP contribution in [-0.2, 0) is 43.8 Å². The van der Waals surface area contributed by atoms with Gasteiger partial charge in [0.2, 0.25) is 17.7 Å². The summed E-state index contributed by atoms with van der Waals surface area (Å²) < 4.78 is 42.4. The summed E-state index contributed by atoms with van der Waals surface area (Å²) in [6.07, 6.45) is 10.9. The molecule has 1 fully saturated rings. The van der Waals surface area contributed by atoms with Crippen LogP contribution in [0.4, 0.5) is 5.69 Å². The van der Waals surface area contributed by atoms with Crippen LogP contribution in [0.25, 0.3) is 0 Å². The number of sulfone groups is 1. The molecule has 3 aromatic carbocycles. The highest BCUT2D eigenvalue weighted by atomic mass is 32.2. The van der Waals surface area contributed by atoms with Crippen molar-refractivity contribution in [2.75, 3.05) is 31.0 Å². The van der Waals surface area contributed by atoms with E-state index in [9.17, 15) is 37.2 Å². The lowest BCUT2D eigenvalue weighted by Crippen LogP contribution is -2.52. The number of nitrogens with one attached hydrogen (secondary N) is 2. The van der Waals surface area contributed by atoms with E-state index in [4.69, 9.17) is 14.2 Å². The molecule has 1 unspecified atom stereocenters. The smallest absolute Gasteiger partial charge is 0.264 e. The van der Waals surface area contributed by atoms with Gasteiger partial charge in [-0.3, -0.25) is 39.0 Å². The Labute approximate surface area is 389 Å². The molecule has 7 rings (SSSR count). The molecule has 66 heavy (non-hydrogen) atoms. The second kappa shape index (κ2) is 21.5. The SMILES string of the molecule is CCOc1cc([C@@H](CS(C)(=O)=O)N2C(=O)c3cccc(NC(=O)CCCCCCCCCCc4ccc(OCc5scc6c5CN(C5CCC(=O)NC5=O)C6=O)cc4)c3C2=O)ccc1OC. The number of amides is 6. The van der Waals surface area contributed by atoms with Gasteiger partial charge in [-0.25, -0.2) is 8.42 Å². The van der Waals surface area contributed by atoms with E-state index in [0.717, 1.165) is 78.7 Å². The monoisotopic (exact) mass is 940 g/mol. The van der Waals surface area contributed by atoms with E-state index in [1.807, 2.05) is 17.5 Å². The lowest BCUT2D eigenvalue weighted by atomic mass is 10.0. The van der Waals surface area contributed by atoms with E-state index in [1.54, 1.807) is 42.2 Å². The van der Waals surface area contributed by atoms with Crippen molar-refractivity contribution in [1.29, 1.82) is 0 Å². The molecule has 2 N–H and O–H groups in total. The van der Waals surface area contributed by atoms with Crippen molar-refractivity contribution in [1.82, 2.24) is 15.1 Å². The van der Waals surface area contributed by atoms with Gasteiger partial charge in [0.05, 0.1) is 47.9 Å². The summed E-state index contributed by atoms with van der Waals surface area (Å²) in [4.78, 5) is 81.3. The summed E-state index contributed by atoms with van der Waals surface area (Å²) in [5, 5.41) is 6.99. The van der Waals surface area contributed by atoms with Crippen molar-refractivity contribution in [2.45, 2.75) is 109 Å². The number of fused-ring (bicyclic) bond motifs is 2. The number of carbonyl (C=O) groups excluding carboxylic acids is 6. The Kier molecular flexibility index (Phi) is 15.6. The maximum absolute atomic E-state index is 14.0. The highest BCUT2D eigenvalue weighted by Gasteiger charge is 2.44. The Balaban J connectivity index is 0.790. The highest BCUT2D eigenvalue weighted by Crippen LogP contribution is 2.39. The van der Waals surface area contributed by atoms with Gasteiger partial charge >= 0.3 is 0 Å². The first-order chi connectivity index (χ1) is 31.8. The van der Waals surface area contributed by atoms with Crippen LogP contribution < -0.4 is 24.8 Å². The average molecular weight is 941 g/mol. The van der Waals surface area contributed by atoms with E-state index in [0.29, 0.717) is 55.2 Å². The molecule has 0 spiro atoms. The first-order valence-corrected chi connectivity index (χ1v) is 25.4. The summed E-state index contributed by atoms with van der Waals surface area (Å²) in [6.45, 7) is 2.77. The van der Waals surface area contributed by atoms with E-state index in [1.165, 1.54) is 30.1 Å². The molecule has 17 heteroatoms. The van der Waals surface area contributed by atoms with Gasteiger partial charge in [-0.15, -0.1) is 11.3 Å². The molecule has 0 radical (unpaired) electrons. The van der Waals surface area contributed by atoms with Crippen molar-refractivity contribution < 1.29 is 51.4 Å². The zero-order chi connectivity index (χ0) is 47.0. The van der Waals surface area contributed by atoms with E-state index >= 15 is 0 Å². The van der Waals surface area contributed by atoms with Gasteiger partial charge in [-0.2, -0.15) is 0 Å². The molecule has 1 saturated heterocycles. The molecule has 350 valence electrons. The van der Waals surface area contributed by atoms with Crippen LogP contribution >= 0.6 is 11.3 Å². The lowest BCUT2D eigenvalue weighted by molar-refractivity contribution is -0.137. The minimum absolute atomic E-state index is 0.0378. The van der Waals surface area contributed by atoms with Crippen LogP contribution in [0.5, 0.6) is 17.2 Å². The van der Waals surface area contributed by atoms with Crippen molar-refractivity contribution in [3.63, 3.8) is 0 Å². The fourth-order valence-corrected chi connectivity index (χ4v) is 10.6. The van der Waals surface area contributed by atoms with E-state index in [2.05, 4.69) is 22.8 Å². The Morgan fingerprint density at radius 1 is 0.864 bits per heavy atom. The van der Waals surface area contributed by atoms with Gasteiger partial charge < -0.3 is 24.4 Å². The van der Waals surface area contributed by atoms with Crippen LogP contribution in [0.15, 0.2) is 66.0 Å². The van der Waals surface area contributed by atoms with Gasteiger partial charge in [0.25, 0.3) is 17.7 Å². The molecule has 0 bridgehead atoms. The quantitative estimate of drug-likeness (QED) is 0.0550. The fraction of sp³-hybridized carbons (Fsp3) is 0.429. The molecular weight excluding hydrogens is 885 g/mol. The summed E-state index contributed by atoms with van der Waals surface area (Å²) in [5.41, 5.74) is 3.46. The number of carbonyl (C=O) groups is 6. The van der Waals surface area contributed by atoms with Crippen molar-refractivity contribution in [2.24, 2.45) is 0 Å². The highest BCUT2D eigenvalue weighted by molar-refractivity contribution is 7.90. The van der Waals surface area contributed by atoms with Crippen molar-refractivity contribution in [3.05, 3.63) is 104 Å². The molecule has 1 aromatic heterocycles. The number of aryl methyl sites for hydroxylation is 1. The Hall–Kier alpha value is -6.07. The molecule has 15 nitrogen and oxygen atoms in total. The zero-order valence-corrected chi connectivity index (χ0v) is 39.2. The number of imide groups is 2. The molecule has 6 amide bonds. The summed E-state index contributed by atoms with van der Waals surface area (Å²) >= 11 is 1.48. The summed E-state index contributed by atoms with van der Waals surface area (Å²) in [7, 11) is -2.19. The molecule has 4 heterocycles. The zero-order valence-electron chi connectivity index (χ0n) is 37.5. The summed E-state index contributed by atoms with van der Waals surface area (Å²) in [6, 6.07) is 15.8. The predicted octanol–water partition coefficient (Wildman–Crippen LogP) is 7.57. The summed E-state index contributed by atoms with van der Waals surface area (Å²) in [5.74, 6) is -1.49.